The second-order valence-corrected chi connectivity index (χ2v) is 9.00. The molecule has 164 valence electrons. The number of amides is 3. The van der Waals surface area contributed by atoms with E-state index in [4.69, 9.17) is 0 Å². The molecular formula is C29H26N2O2. The van der Waals surface area contributed by atoms with Crippen molar-refractivity contribution in [2.24, 2.45) is 0 Å². The summed E-state index contributed by atoms with van der Waals surface area (Å²) in [6.07, 6.45) is 0.778. The Balaban J connectivity index is 1.50. The van der Waals surface area contributed by atoms with Gasteiger partial charge in [0.1, 0.15) is 5.54 Å². The fourth-order valence-electron chi connectivity index (χ4n) is 4.59. The SMILES string of the molecule is CC1(C)C(=O)N(c2cccc3ccccc23)C(=O)N1Cc1ccccc1Cc1ccccc1. The minimum atomic E-state index is -0.951. The lowest BCUT2D eigenvalue weighted by molar-refractivity contribution is -0.123. The van der Waals surface area contributed by atoms with Crippen molar-refractivity contribution < 1.29 is 9.59 Å². The van der Waals surface area contributed by atoms with Crippen molar-refractivity contribution in [3.63, 3.8) is 0 Å². The van der Waals surface area contributed by atoms with Gasteiger partial charge in [-0.2, -0.15) is 0 Å². The first kappa shape index (κ1) is 21.0. The van der Waals surface area contributed by atoms with E-state index in [1.807, 2.05) is 92.7 Å². The van der Waals surface area contributed by atoms with Crippen LogP contribution in [0.2, 0.25) is 0 Å². The Morgan fingerprint density at radius 2 is 1.33 bits per heavy atom. The zero-order valence-electron chi connectivity index (χ0n) is 18.9. The summed E-state index contributed by atoms with van der Waals surface area (Å²) < 4.78 is 0. The molecule has 4 nitrogen and oxygen atoms in total. The second kappa shape index (κ2) is 8.21. The second-order valence-electron chi connectivity index (χ2n) is 9.00. The van der Waals surface area contributed by atoms with Crippen molar-refractivity contribution in [1.82, 2.24) is 4.90 Å². The van der Waals surface area contributed by atoms with E-state index in [0.717, 1.165) is 28.3 Å². The highest BCUT2D eigenvalue weighted by atomic mass is 16.2. The standard InChI is InChI=1S/C29H26N2O2/c1-29(2)27(32)31(26-18-10-16-22-13-8-9-17-25(22)26)28(33)30(29)20-24-15-7-6-14-23(24)19-21-11-4-3-5-12-21/h3-18H,19-20H2,1-2H3. The Labute approximate surface area is 194 Å². The fraction of sp³-hybridized carbons (Fsp3) is 0.172. The van der Waals surface area contributed by atoms with Crippen LogP contribution in [0.3, 0.4) is 0 Å². The molecule has 0 spiro atoms. The minimum absolute atomic E-state index is 0.204. The van der Waals surface area contributed by atoms with Crippen LogP contribution in [0.15, 0.2) is 97.1 Å². The van der Waals surface area contributed by atoms with Crippen LogP contribution in [-0.4, -0.2) is 22.4 Å². The molecule has 1 aliphatic rings. The molecule has 1 fully saturated rings. The van der Waals surface area contributed by atoms with Gasteiger partial charge in [0.2, 0.25) is 0 Å². The predicted molar refractivity (Wildman–Crippen MR) is 132 cm³/mol. The van der Waals surface area contributed by atoms with Crippen LogP contribution >= 0.6 is 0 Å². The molecule has 1 saturated heterocycles. The van der Waals surface area contributed by atoms with Gasteiger partial charge in [-0.1, -0.05) is 91.0 Å². The van der Waals surface area contributed by atoms with Gasteiger partial charge in [-0.15, -0.1) is 0 Å². The summed E-state index contributed by atoms with van der Waals surface area (Å²) in [6, 6.07) is 31.7. The number of benzene rings is 4. The van der Waals surface area contributed by atoms with Crippen LogP contribution in [0.1, 0.15) is 30.5 Å². The summed E-state index contributed by atoms with van der Waals surface area (Å²) in [6.45, 7) is 4.04. The van der Waals surface area contributed by atoms with Crippen LogP contribution in [0.5, 0.6) is 0 Å². The predicted octanol–water partition coefficient (Wildman–Crippen LogP) is 6.18. The number of carbonyl (C=O) groups excluding carboxylic acids is 2. The molecule has 0 unspecified atom stereocenters. The van der Waals surface area contributed by atoms with Crippen molar-refractivity contribution in [2.45, 2.75) is 32.4 Å². The Morgan fingerprint density at radius 1 is 0.697 bits per heavy atom. The third-order valence-corrected chi connectivity index (χ3v) is 6.52. The highest BCUT2D eigenvalue weighted by Gasteiger charge is 2.52. The zero-order valence-corrected chi connectivity index (χ0v) is 18.9. The fourth-order valence-corrected chi connectivity index (χ4v) is 4.59. The summed E-state index contributed by atoms with van der Waals surface area (Å²) in [5.41, 5.74) is 3.11. The Hall–Kier alpha value is -3.92. The maximum absolute atomic E-state index is 13.7. The van der Waals surface area contributed by atoms with Crippen LogP contribution < -0.4 is 4.90 Å². The quantitative estimate of drug-likeness (QED) is 0.352. The van der Waals surface area contributed by atoms with Gasteiger partial charge in [0.25, 0.3) is 5.91 Å². The first-order valence-electron chi connectivity index (χ1n) is 11.2. The van der Waals surface area contributed by atoms with E-state index in [0.29, 0.717) is 12.2 Å². The number of hydrogen-bond donors (Lipinski definition) is 0. The number of fused-ring (bicyclic) bond motifs is 1. The topological polar surface area (TPSA) is 40.6 Å². The molecule has 0 atom stereocenters. The average molecular weight is 435 g/mol. The molecule has 0 aliphatic carbocycles. The maximum atomic E-state index is 13.7. The number of carbonyl (C=O) groups is 2. The first-order chi connectivity index (χ1) is 16.0. The van der Waals surface area contributed by atoms with Gasteiger partial charge in [0.15, 0.2) is 0 Å². The third kappa shape index (κ3) is 3.68. The first-order valence-corrected chi connectivity index (χ1v) is 11.2. The lowest BCUT2D eigenvalue weighted by Gasteiger charge is -2.28. The van der Waals surface area contributed by atoms with Crippen molar-refractivity contribution in [3.05, 3.63) is 114 Å². The molecule has 0 saturated carbocycles. The molecule has 4 heteroatoms. The molecule has 33 heavy (non-hydrogen) atoms. The minimum Gasteiger partial charge on any atom is -0.305 e. The third-order valence-electron chi connectivity index (χ3n) is 6.52. The molecule has 5 rings (SSSR count). The molecule has 1 heterocycles. The highest BCUT2D eigenvalue weighted by molar-refractivity contribution is 6.25. The lowest BCUT2D eigenvalue weighted by atomic mass is 9.97. The number of imide groups is 1. The van der Waals surface area contributed by atoms with Gasteiger partial charge in [-0.3, -0.25) is 4.79 Å². The normalized spacial score (nSPS) is 15.5. The monoisotopic (exact) mass is 434 g/mol. The maximum Gasteiger partial charge on any atom is 0.332 e. The van der Waals surface area contributed by atoms with Gasteiger partial charge in [0, 0.05) is 11.9 Å². The molecule has 3 amide bonds. The number of nitrogens with zero attached hydrogens (tertiary/aromatic N) is 2. The smallest absolute Gasteiger partial charge is 0.305 e. The van der Waals surface area contributed by atoms with E-state index >= 15 is 0 Å². The number of anilines is 1. The van der Waals surface area contributed by atoms with Crippen molar-refractivity contribution in [3.8, 4) is 0 Å². The number of urea groups is 1. The van der Waals surface area contributed by atoms with Crippen LogP contribution in [0, 0.1) is 0 Å². The Morgan fingerprint density at radius 3 is 2.12 bits per heavy atom. The molecule has 0 radical (unpaired) electrons. The molecule has 4 aromatic rings. The molecule has 0 bridgehead atoms. The van der Waals surface area contributed by atoms with Gasteiger partial charge < -0.3 is 4.90 Å². The number of rotatable bonds is 5. The molecule has 0 N–H and O–H groups in total. The number of hydrogen-bond acceptors (Lipinski definition) is 2. The van der Waals surface area contributed by atoms with Gasteiger partial charge in [0.05, 0.1) is 5.69 Å². The largest absolute Gasteiger partial charge is 0.332 e. The summed E-state index contributed by atoms with van der Waals surface area (Å²) in [5, 5.41) is 1.89. The van der Waals surface area contributed by atoms with Crippen LogP contribution in [-0.2, 0) is 17.8 Å². The highest BCUT2D eigenvalue weighted by Crippen LogP contribution is 2.37. The van der Waals surface area contributed by atoms with E-state index in [-0.39, 0.29) is 11.9 Å². The van der Waals surface area contributed by atoms with E-state index in [1.165, 1.54) is 10.5 Å². The molecule has 0 aromatic heterocycles. The van der Waals surface area contributed by atoms with Crippen molar-refractivity contribution >= 4 is 28.4 Å². The van der Waals surface area contributed by atoms with Crippen LogP contribution in [0.25, 0.3) is 10.8 Å². The van der Waals surface area contributed by atoms with E-state index in [2.05, 4.69) is 18.2 Å². The van der Waals surface area contributed by atoms with Gasteiger partial charge >= 0.3 is 6.03 Å². The zero-order chi connectivity index (χ0) is 23.0. The molecule has 1 aliphatic heterocycles. The van der Waals surface area contributed by atoms with Gasteiger partial charge in [-0.05, 0) is 48.4 Å². The average Bonchev–Trinajstić information content (AvgIpc) is 3.00. The Kier molecular flexibility index (Phi) is 5.21. The summed E-state index contributed by atoms with van der Waals surface area (Å²) in [7, 11) is 0. The van der Waals surface area contributed by atoms with Crippen molar-refractivity contribution in [2.75, 3.05) is 4.90 Å². The van der Waals surface area contributed by atoms with E-state index in [9.17, 15) is 9.59 Å². The van der Waals surface area contributed by atoms with E-state index < -0.39 is 5.54 Å². The summed E-state index contributed by atoms with van der Waals surface area (Å²) >= 11 is 0. The summed E-state index contributed by atoms with van der Waals surface area (Å²) in [5.74, 6) is -0.204. The lowest BCUT2D eigenvalue weighted by Crippen LogP contribution is -2.43. The Bertz CT molecular complexity index is 1340. The molecular weight excluding hydrogens is 408 g/mol. The van der Waals surface area contributed by atoms with Gasteiger partial charge in [-0.25, -0.2) is 9.69 Å². The molecule has 4 aromatic carbocycles. The van der Waals surface area contributed by atoms with Crippen molar-refractivity contribution in [1.29, 1.82) is 0 Å². The summed E-state index contributed by atoms with van der Waals surface area (Å²) in [4.78, 5) is 30.2. The van der Waals surface area contributed by atoms with E-state index in [1.54, 1.807) is 4.90 Å². The van der Waals surface area contributed by atoms with Crippen LogP contribution in [0.4, 0.5) is 10.5 Å².